The Labute approximate surface area is 92.2 Å². The van der Waals surface area contributed by atoms with Crippen LogP contribution in [-0.4, -0.2) is 6.36 Å². The first-order valence-corrected chi connectivity index (χ1v) is 5.35. The quantitative estimate of drug-likeness (QED) is 0.759. The van der Waals surface area contributed by atoms with E-state index in [-0.39, 0.29) is 5.75 Å². The first kappa shape index (κ1) is 11.3. The summed E-state index contributed by atoms with van der Waals surface area (Å²) in [5.74, 6) is 1.09. The molecule has 1 aromatic carbocycles. The van der Waals surface area contributed by atoms with Gasteiger partial charge in [0.25, 0.3) is 0 Å². The number of ether oxygens (including phenoxy) is 1. The van der Waals surface area contributed by atoms with Gasteiger partial charge in [-0.2, -0.15) is 0 Å². The van der Waals surface area contributed by atoms with Gasteiger partial charge in [0.2, 0.25) is 0 Å². The van der Waals surface area contributed by atoms with Crippen molar-refractivity contribution in [3.05, 3.63) is 29.8 Å². The van der Waals surface area contributed by atoms with Crippen LogP contribution in [0.4, 0.5) is 13.2 Å². The summed E-state index contributed by atoms with van der Waals surface area (Å²) in [7, 11) is 0. The van der Waals surface area contributed by atoms with E-state index in [0.717, 1.165) is 18.4 Å². The number of rotatable bonds is 3. The van der Waals surface area contributed by atoms with Gasteiger partial charge >= 0.3 is 6.36 Å². The molecule has 0 amide bonds. The number of benzene rings is 1. The molecule has 0 aromatic heterocycles. The summed E-state index contributed by atoms with van der Waals surface area (Å²) in [6, 6.07) is 6.21. The molecule has 0 radical (unpaired) electrons. The Hall–Kier alpha value is -1.19. The summed E-state index contributed by atoms with van der Waals surface area (Å²) in [6.45, 7) is 2.13. The summed E-state index contributed by atoms with van der Waals surface area (Å²) in [6.07, 6.45) is -2.32. The van der Waals surface area contributed by atoms with E-state index in [0.29, 0.717) is 11.8 Å². The molecule has 1 nitrogen and oxygen atoms in total. The minimum atomic E-state index is -4.60. The van der Waals surface area contributed by atoms with Crippen LogP contribution in [0.15, 0.2) is 24.3 Å². The van der Waals surface area contributed by atoms with E-state index in [9.17, 15) is 13.2 Å². The average molecular weight is 230 g/mol. The third-order valence-corrected chi connectivity index (χ3v) is 2.99. The third-order valence-electron chi connectivity index (χ3n) is 2.99. The van der Waals surface area contributed by atoms with E-state index in [1.165, 1.54) is 12.1 Å². The second-order valence-corrected chi connectivity index (χ2v) is 4.13. The van der Waals surface area contributed by atoms with Crippen LogP contribution in [0.5, 0.6) is 5.75 Å². The molecule has 0 N–H and O–H groups in total. The van der Waals surface area contributed by atoms with E-state index in [2.05, 4.69) is 11.7 Å². The van der Waals surface area contributed by atoms with Gasteiger partial charge in [-0.15, -0.1) is 13.2 Å². The summed E-state index contributed by atoms with van der Waals surface area (Å²) < 4.78 is 39.5. The molecule has 4 heteroatoms. The molecule has 2 rings (SSSR count). The lowest BCUT2D eigenvalue weighted by Crippen LogP contribution is -2.16. The Morgan fingerprint density at radius 3 is 2.31 bits per heavy atom. The van der Waals surface area contributed by atoms with Crippen molar-refractivity contribution in [2.45, 2.75) is 32.0 Å². The maximum absolute atomic E-state index is 11.9. The van der Waals surface area contributed by atoms with Gasteiger partial charge in [0.05, 0.1) is 0 Å². The fraction of sp³-hybridized carbons (Fsp3) is 0.500. The van der Waals surface area contributed by atoms with Crippen LogP contribution in [0.1, 0.15) is 31.2 Å². The van der Waals surface area contributed by atoms with Gasteiger partial charge in [0.1, 0.15) is 5.75 Å². The molecule has 16 heavy (non-hydrogen) atoms. The van der Waals surface area contributed by atoms with Crippen molar-refractivity contribution in [1.29, 1.82) is 0 Å². The topological polar surface area (TPSA) is 9.23 Å². The van der Waals surface area contributed by atoms with E-state index >= 15 is 0 Å². The van der Waals surface area contributed by atoms with E-state index < -0.39 is 6.36 Å². The minimum Gasteiger partial charge on any atom is -0.406 e. The van der Waals surface area contributed by atoms with Crippen LogP contribution in [0, 0.1) is 5.92 Å². The Morgan fingerprint density at radius 1 is 1.25 bits per heavy atom. The van der Waals surface area contributed by atoms with Gasteiger partial charge in [-0.05, 0) is 36.0 Å². The zero-order chi connectivity index (χ0) is 11.8. The molecule has 1 aliphatic carbocycles. The van der Waals surface area contributed by atoms with Gasteiger partial charge in [-0.3, -0.25) is 0 Å². The molecule has 0 saturated heterocycles. The van der Waals surface area contributed by atoms with Crippen LogP contribution < -0.4 is 4.74 Å². The molecule has 0 unspecified atom stereocenters. The van der Waals surface area contributed by atoms with Gasteiger partial charge in [0, 0.05) is 0 Å². The van der Waals surface area contributed by atoms with Crippen molar-refractivity contribution in [2.75, 3.05) is 0 Å². The van der Waals surface area contributed by atoms with Crippen LogP contribution in [0.3, 0.4) is 0 Å². The molecule has 1 saturated carbocycles. The predicted molar refractivity (Wildman–Crippen MR) is 54.3 cm³/mol. The molecule has 1 aromatic rings. The molecule has 0 spiro atoms. The first-order chi connectivity index (χ1) is 7.49. The molecule has 2 atom stereocenters. The van der Waals surface area contributed by atoms with Crippen LogP contribution in [0.2, 0.25) is 0 Å². The smallest absolute Gasteiger partial charge is 0.406 e. The Bertz CT molecular complexity index is 356. The maximum atomic E-state index is 11.9. The van der Waals surface area contributed by atoms with Gasteiger partial charge in [0.15, 0.2) is 0 Å². The van der Waals surface area contributed by atoms with Gasteiger partial charge < -0.3 is 4.74 Å². The fourth-order valence-corrected chi connectivity index (χ4v) is 2.02. The largest absolute Gasteiger partial charge is 0.573 e. The highest BCUT2D eigenvalue weighted by molar-refractivity contribution is 5.32. The zero-order valence-corrected chi connectivity index (χ0v) is 8.92. The summed E-state index contributed by atoms with van der Waals surface area (Å²) in [4.78, 5) is 0. The highest BCUT2D eigenvalue weighted by Gasteiger charge is 2.36. The fourth-order valence-electron chi connectivity index (χ4n) is 2.02. The lowest BCUT2D eigenvalue weighted by atomic mass is 10.1. The molecule has 88 valence electrons. The van der Waals surface area contributed by atoms with Crippen molar-refractivity contribution in [2.24, 2.45) is 5.92 Å². The first-order valence-electron chi connectivity index (χ1n) is 5.35. The molecule has 0 bridgehead atoms. The van der Waals surface area contributed by atoms with Gasteiger partial charge in [-0.25, -0.2) is 0 Å². The standard InChI is InChI=1S/C12H13F3O/c1-2-8-7-11(8)9-3-5-10(6-4-9)16-12(13,14)15/h3-6,8,11H,2,7H2,1H3/t8-,11-/m0/s1. The monoisotopic (exact) mass is 230 g/mol. The van der Waals surface area contributed by atoms with Crippen molar-refractivity contribution < 1.29 is 17.9 Å². The summed E-state index contributed by atoms with van der Waals surface area (Å²) in [5, 5.41) is 0. The second-order valence-electron chi connectivity index (χ2n) is 4.13. The number of halogens is 3. The normalized spacial score (nSPS) is 24.2. The van der Waals surface area contributed by atoms with Crippen molar-refractivity contribution in [1.82, 2.24) is 0 Å². The van der Waals surface area contributed by atoms with Crippen LogP contribution in [0.25, 0.3) is 0 Å². The highest BCUT2D eigenvalue weighted by atomic mass is 19.4. The molecular formula is C12H13F3O. The van der Waals surface area contributed by atoms with Crippen molar-refractivity contribution in [3.8, 4) is 5.75 Å². The number of alkyl halides is 3. The molecular weight excluding hydrogens is 217 g/mol. The second kappa shape index (κ2) is 4.00. The SMILES string of the molecule is CC[C@H]1C[C@@H]1c1ccc(OC(F)(F)F)cc1. The minimum absolute atomic E-state index is 0.148. The van der Waals surface area contributed by atoms with Crippen molar-refractivity contribution >= 4 is 0 Å². The summed E-state index contributed by atoms with van der Waals surface area (Å²) in [5.41, 5.74) is 1.11. The van der Waals surface area contributed by atoms with E-state index in [1.54, 1.807) is 12.1 Å². The van der Waals surface area contributed by atoms with E-state index in [4.69, 9.17) is 0 Å². The number of hydrogen-bond donors (Lipinski definition) is 0. The molecule has 0 heterocycles. The van der Waals surface area contributed by atoms with E-state index in [1.807, 2.05) is 0 Å². The molecule has 0 aliphatic heterocycles. The lowest BCUT2D eigenvalue weighted by Gasteiger charge is -2.09. The van der Waals surface area contributed by atoms with Gasteiger partial charge in [-0.1, -0.05) is 25.5 Å². The summed E-state index contributed by atoms with van der Waals surface area (Å²) >= 11 is 0. The highest BCUT2D eigenvalue weighted by Crippen LogP contribution is 2.49. The molecule has 1 aliphatic rings. The van der Waals surface area contributed by atoms with Crippen molar-refractivity contribution in [3.63, 3.8) is 0 Å². The lowest BCUT2D eigenvalue weighted by molar-refractivity contribution is -0.274. The zero-order valence-electron chi connectivity index (χ0n) is 8.92. The Kier molecular flexibility index (Phi) is 2.82. The predicted octanol–water partition coefficient (Wildman–Crippen LogP) is 4.10. The third kappa shape index (κ3) is 2.68. The molecule has 1 fully saturated rings. The maximum Gasteiger partial charge on any atom is 0.573 e. The Balaban J connectivity index is 2.00. The van der Waals surface area contributed by atoms with Crippen LogP contribution >= 0.6 is 0 Å². The number of hydrogen-bond acceptors (Lipinski definition) is 1. The Morgan fingerprint density at radius 2 is 1.88 bits per heavy atom. The average Bonchev–Trinajstić information content (AvgIpc) is 2.95. The van der Waals surface area contributed by atoms with Crippen LogP contribution in [-0.2, 0) is 0 Å².